The van der Waals surface area contributed by atoms with E-state index < -0.39 is 0 Å². The van der Waals surface area contributed by atoms with Crippen molar-refractivity contribution in [3.63, 3.8) is 0 Å². The monoisotopic (exact) mass is 519 g/mol. The number of aliphatic imine (C=N–C) groups is 1. The summed E-state index contributed by atoms with van der Waals surface area (Å²) in [5.41, 5.74) is 1.05. The lowest BCUT2D eigenvalue weighted by Crippen LogP contribution is -2.46. The van der Waals surface area contributed by atoms with Crippen molar-refractivity contribution in [1.29, 1.82) is 0 Å². The number of benzene rings is 1. The third-order valence-corrected chi connectivity index (χ3v) is 5.29. The maximum absolute atomic E-state index is 13.3. The van der Waals surface area contributed by atoms with E-state index in [0.717, 1.165) is 44.0 Å². The van der Waals surface area contributed by atoms with E-state index in [1.165, 1.54) is 12.1 Å². The van der Waals surface area contributed by atoms with E-state index in [1.54, 1.807) is 7.05 Å². The second kappa shape index (κ2) is 13.0. The van der Waals surface area contributed by atoms with Crippen LogP contribution in [0.25, 0.3) is 0 Å². The molecule has 8 heteroatoms. The Bertz CT molecular complexity index is 645. The molecule has 1 unspecified atom stereocenters. The molecule has 0 aromatic heterocycles. The molecule has 1 aromatic carbocycles. The molecule has 0 saturated carbocycles. The quantitative estimate of drug-likeness (QED) is 0.331. The Hall–Kier alpha value is -1.42. The number of piperidine rings is 1. The molecule has 2 N–H and O–H groups in total. The molecule has 0 radical (unpaired) electrons. The summed E-state index contributed by atoms with van der Waals surface area (Å²) in [6, 6.07) is 6.73. The molecule has 1 aromatic rings. The SMILES string of the molecule is CCNC(=NCC(c1ccc(F)cc1)N(C)C)N1CCC(CC(=O)NC)CC1.I. The highest BCUT2D eigenvalue weighted by Crippen LogP contribution is 2.22. The highest BCUT2D eigenvalue weighted by Gasteiger charge is 2.23. The van der Waals surface area contributed by atoms with E-state index in [9.17, 15) is 9.18 Å². The molecule has 1 saturated heterocycles. The van der Waals surface area contributed by atoms with Gasteiger partial charge in [0.1, 0.15) is 5.82 Å². The number of guanidine groups is 1. The highest BCUT2D eigenvalue weighted by molar-refractivity contribution is 14.0. The smallest absolute Gasteiger partial charge is 0.220 e. The van der Waals surface area contributed by atoms with Gasteiger partial charge in [-0.2, -0.15) is 0 Å². The predicted molar refractivity (Wildman–Crippen MR) is 127 cm³/mol. The number of likely N-dealkylation sites (N-methyl/N-ethyl adjacent to an activating group) is 1. The summed E-state index contributed by atoms with van der Waals surface area (Å²) in [5, 5.41) is 6.10. The first-order valence-corrected chi connectivity index (χ1v) is 10.1. The highest BCUT2D eigenvalue weighted by atomic mass is 127. The van der Waals surface area contributed by atoms with Crippen LogP contribution >= 0.6 is 24.0 Å². The van der Waals surface area contributed by atoms with Crippen molar-refractivity contribution in [2.45, 2.75) is 32.2 Å². The molecule has 0 aliphatic carbocycles. The Morgan fingerprint density at radius 3 is 2.41 bits per heavy atom. The Morgan fingerprint density at radius 1 is 1.28 bits per heavy atom. The lowest BCUT2D eigenvalue weighted by Gasteiger charge is -2.34. The lowest BCUT2D eigenvalue weighted by atomic mass is 9.93. The maximum atomic E-state index is 13.3. The zero-order valence-electron chi connectivity index (χ0n) is 17.9. The van der Waals surface area contributed by atoms with Crippen LogP contribution in [0.3, 0.4) is 0 Å². The van der Waals surface area contributed by atoms with E-state index in [2.05, 4.69) is 27.4 Å². The van der Waals surface area contributed by atoms with Crippen molar-refractivity contribution in [2.24, 2.45) is 10.9 Å². The maximum Gasteiger partial charge on any atom is 0.220 e. The van der Waals surface area contributed by atoms with Gasteiger partial charge in [0.15, 0.2) is 5.96 Å². The average Bonchev–Trinajstić information content (AvgIpc) is 2.69. The molecule has 1 atom stereocenters. The molecule has 0 spiro atoms. The minimum absolute atomic E-state index is 0. The Morgan fingerprint density at radius 2 is 1.90 bits per heavy atom. The molecule has 2 rings (SSSR count). The van der Waals surface area contributed by atoms with E-state index in [4.69, 9.17) is 4.99 Å². The van der Waals surface area contributed by atoms with Gasteiger partial charge in [-0.1, -0.05) is 12.1 Å². The fourth-order valence-corrected chi connectivity index (χ4v) is 3.56. The first kappa shape index (κ1) is 25.6. The summed E-state index contributed by atoms with van der Waals surface area (Å²) in [7, 11) is 5.72. The van der Waals surface area contributed by atoms with Crippen LogP contribution in [0.2, 0.25) is 0 Å². The first-order chi connectivity index (χ1) is 13.4. The van der Waals surface area contributed by atoms with Crippen LogP contribution in [0.15, 0.2) is 29.3 Å². The topological polar surface area (TPSA) is 60.0 Å². The van der Waals surface area contributed by atoms with Crippen molar-refractivity contribution < 1.29 is 9.18 Å². The van der Waals surface area contributed by atoms with Gasteiger partial charge in [0.2, 0.25) is 5.91 Å². The van der Waals surface area contributed by atoms with Crippen LogP contribution in [-0.4, -0.2) is 69.0 Å². The summed E-state index contributed by atoms with van der Waals surface area (Å²) in [6.45, 7) is 5.27. The summed E-state index contributed by atoms with van der Waals surface area (Å²) in [6.07, 6.45) is 2.59. The number of amides is 1. The van der Waals surface area contributed by atoms with Gasteiger partial charge in [-0.15, -0.1) is 24.0 Å². The van der Waals surface area contributed by atoms with Gasteiger partial charge in [-0.05, 0) is 57.5 Å². The fraction of sp³-hybridized carbons (Fsp3) is 0.619. The van der Waals surface area contributed by atoms with Crippen LogP contribution in [0.5, 0.6) is 0 Å². The molecule has 1 amide bonds. The number of rotatable bonds is 7. The molecular formula is C21H35FIN5O. The molecular weight excluding hydrogens is 484 g/mol. The average molecular weight is 519 g/mol. The van der Waals surface area contributed by atoms with Gasteiger partial charge in [0.05, 0.1) is 12.6 Å². The zero-order valence-corrected chi connectivity index (χ0v) is 20.3. The number of carbonyl (C=O) groups excluding carboxylic acids is 1. The Balaban J connectivity index is 0.00000420. The van der Waals surface area contributed by atoms with E-state index >= 15 is 0 Å². The second-order valence-electron chi connectivity index (χ2n) is 7.53. The molecule has 0 bridgehead atoms. The van der Waals surface area contributed by atoms with Gasteiger partial charge in [0.25, 0.3) is 0 Å². The molecule has 29 heavy (non-hydrogen) atoms. The fourth-order valence-electron chi connectivity index (χ4n) is 3.56. The van der Waals surface area contributed by atoms with Crippen LogP contribution in [0.1, 0.15) is 37.8 Å². The summed E-state index contributed by atoms with van der Waals surface area (Å²) >= 11 is 0. The first-order valence-electron chi connectivity index (χ1n) is 10.1. The largest absolute Gasteiger partial charge is 0.359 e. The number of likely N-dealkylation sites (tertiary alicyclic amines) is 1. The minimum Gasteiger partial charge on any atom is -0.359 e. The van der Waals surface area contributed by atoms with Gasteiger partial charge in [-0.3, -0.25) is 9.79 Å². The van der Waals surface area contributed by atoms with Gasteiger partial charge < -0.3 is 20.4 Å². The number of hydrogen-bond donors (Lipinski definition) is 2. The number of hydrogen-bond acceptors (Lipinski definition) is 3. The van der Waals surface area contributed by atoms with Crippen molar-refractivity contribution >= 4 is 35.8 Å². The van der Waals surface area contributed by atoms with Crippen molar-refractivity contribution in [3.8, 4) is 0 Å². The Labute approximate surface area is 191 Å². The number of halogens is 2. The van der Waals surface area contributed by atoms with Crippen molar-refractivity contribution in [1.82, 2.24) is 20.4 Å². The number of carbonyl (C=O) groups is 1. The molecule has 1 heterocycles. The third-order valence-electron chi connectivity index (χ3n) is 5.29. The van der Waals surface area contributed by atoms with Crippen LogP contribution in [-0.2, 0) is 4.79 Å². The summed E-state index contributed by atoms with van der Waals surface area (Å²) in [4.78, 5) is 20.9. The molecule has 1 aliphatic rings. The van der Waals surface area contributed by atoms with Crippen molar-refractivity contribution in [2.75, 3.05) is 47.3 Å². The number of nitrogens with zero attached hydrogens (tertiary/aromatic N) is 3. The van der Waals surface area contributed by atoms with Crippen LogP contribution < -0.4 is 10.6 Å². The summed E-state index contributed by atoms with van der Waals surface area (Å²) in [5.74, 6) is 1.24. The molecule has 164 valence electrons. The van der Waals surface area contributed by atoms with Crippen molar-refractivity contribution in [3.05, 3.63) is 35.6 Å². The van der Waals surface area contributed by atoms with Gasteiger partial charge in [0, 0.05) is 33.1 Å². The molecule has 6 nitrogen and oxygen atoms in total. The van der Waals surface area contributed by atoms with Gasteiger partial charge in [-0.25, -0.2) is 4.39 Å². The molecule has 1 fully saturated rings. The Kier molecular flexibility index (Phi) is 11.5. The zero-order chi connectivity index (χ0) is 20.5. The van der Waals surface area contributed by atoms with E-state index in [-0.39, 0.29) is 41.7 Å². The van der Waals surface area contributed by atoms with E-state index in [1.807, 2.05) is 26.2 Å². The summed E-state index contributed by atoms with van der Waals surface area (Å²) < 4.78 is 13.3. The number of nitrogens with one attached hydrogen (secondary N) is 2. The second-order valence-corrected chi connectivity index (χ2v) is 7.53. The normalized spacial score (nSPS) is 16.3. The third kappa shape index (κ3) is 8.08. The standard InChI is InChI=1S/C21H34FN5O.HI/c1-5-24-21(27-12-10-16(11-13-27)14-20(28)23-2)25-15-19(26(3)4)17-6-8-18(22)9-7-17;/h6-9,16,19H,5,10-15H2,1-4H3,(H,23,28)(H,24,25);1H. The van der Waals surface area contributed by atoms with E-state index in [0.29, 0.717) is 18.9 Å². The minimum atomic E-state index is -0.224. The lowest BCUT2D eigenvalue weighted by molar-refractivity contribution is -0.121. The molecule has 1 aliphatic heterocycles. The predicted octanol–water partition coefficient (Wildman–Crippen LogP) is 2.86. The van der Waals surface area contributed by atoms with Gasteiger partial charge >= 0.3 is 0 Å². The van der Waals surface area contributed by atoms with Crippen LogP contribution in [0.4, 0.5) is 4.39 Å². The van der Waals surface area contributed by atoms with Crippen LogP contribution in [0, 0.1) is 11.7 Å².